The Morgan fingerprint density at radius 3 is 2.60 bits per heavy atom. The molecule has 0 radical (unpaired) electrons. The summed E-state index contributed by atoms with van der Waals surface area (Å²) in [5, 5.41) is 8.91. The Kier molecular flexibility index (Phi) is 3.83. The van der Waals surface area contributed by atoms with Crippen molar-refractivity contribution in [3.8, 4) is 0 Å². The van der Waals surface area contributed by atoms with Crippen molar-refractivity contribution < 1.29 is 18.3 Å². The lowest BCUT2D eigenvalue weighted by Crippen LogP contribution is -2.32. The molecule has 3 atom stereocenters. The maximum Gasteiger partial charge on any atom is 0.312 e. The highest BCUT2D eigenvalue weighted by Crippen LogP contribution is 2.62. The number of carboxylic acid groups (broad SMARTS) is 1. The first-order valence-electron chi connectivity index (χ1n) is 6.21. The standard InChI is InChI=1S/C13H16ClNO4S/c1-2-20(18,19)11-10(13(11,7-15)12(16)17)8-4-3-5-9(14)6-8/h3-6,10-11H,2,7,15H2,1H3,(H,16,17)/t10-,11-,13-/m1/s1. The first kappa shape index (κ1) is 15.3. The minimum absolute atomic E-state index is 0.107. The first-order chi connectivity index (χ1) is 9.31. The minimum atomic E-state index is -3.50. The zero-order chi connectivity index (χ0) is 15.1. The minimum Gasteiger partial charge on any atom is -0.481 e. The number of aliphatic carboxylic acids is 1. The number of nitrogens with two attached hydrogens (primary N) is 1. The average molecular weight is 318 g/mol. The van der Waals surface area contributed by atoms with Crippen molar-refractivity contribution in [1.82, 2.24) is 0 Å². The molecule has 110 valence electrons. The van der Waals surface area contributed by atoms with E-state index < -0.39 is 32.4 Å². The van der Waals surface area contributed by atoms with Crippen LogP contribution in [0.25, 0.3) is 0 Å². The fourth-order valence-corrected chi connectivity index (χ4v) is 5.15. The zero-order valence-corrected chi connectivity index (χ0v) is 12.5. The third-order valence-electron chi connectivity index (χ3n) is 3.99. The van der Waals surface area contributed by atoms with Gasteiger partial charge in [0.25, 0.3) is 0 Å². The molecule has 5 nitrogen and oxygen atoms in total. The Labute approximate surface area is 122 Å². The van der Waals surface area contributed by atoms with Crippen LogP contribution in [-0.4, -0.2) is 37.0 Å². The van der Waals surface area contributed by atoms with E-state index in [2.05, 4.69) is 0 Å². The molecule has 0 amide bonds. The highest BCUT2D eigenvalue weighted by atomic mass is 35.5. The van der Waals surface area contributed by atoms with Gasteiger partial charge in [0, 0.05) is 23.2 Å². The number of benzene rings is 1. The molecule has 7 heteroatoms. The molecule has 0 aliphatic heterocycles. The van der Waals surface area contributed by atoms with Crippen LogP contribution in [0.5, 0.6) is 0 Å². The summed E-state index contributed by atoms with van der Waals surface area (Å²) in [6.45, 7) is 1.29. The SMILES string of the molecule is CCS(=O)(=O)[C@@H]1[C@@H](c2cccc(Cl)c2)[C@@]1(CN)C(=O)O. The van der Waals surface area contributed by atoms with Crippen molar-refractivity contribution in [2.45, 2.75) is 18.1 Å². The molecule has 1 aliphatic rings. The van der Waals surface area contributed by atoms with E-state index in [4.69, 9.17) is 17.3 Å². The number of carboxylic acids is 1. The monoisotopic (exact) mass is 317 g/mol. The van der Waals surface area contributed by atoms with Crippen LogP contribution in [0.1, 0.15) is 18.4 Å². The summed E-state index contributed by atoms with van der Waals surface area (Å²) >= 11 is 5.90. The van der Waals surface area contributed by atoms with Crippen LogP contribution in [0, 0.1) is 5.41 Å². The third kappa shape index (κ3) is 2.12. The summed E-state index contributed by atoms with van der Waals surface area (Å²) < 4.78 is 24.3. The van der Waals surface area contributed by atoms with Gasteiger partial charge in [-0.2, -0.15) is 0 Å². The van der Waals surface area contributed by atoms with Gasteiger partial charge in [0.05, 0.1) is 5.25 Å². The van der Waals surface area contributed by atoms with Crippen molar-refractivity contribution in [2.24, 2.45) is 11.1 Å². The van der Waals surface area contributed by atoms with E-state index in [1.54, 1.807) is 24.3 Å². The van der Waals surface area contributed by atoms with Crippen molar-refractivity contribution in [3.05, 3.63) is 34.9 Å². The van der Waals surface area contributed by atoms with Gasteiger partial charge in [-0.15, -0.1) is 0 Å². The molecule has 1 aliphatic carbocycles. The van der Waals surface area contributed by atoms with Gasteiger partial charge in [-0.05, 0) is 17.7 Å². The second-order valence-electron chi connectivity index (χ2n) is 4.95. The number of carbonyl (C=O) groups is 1. The summed E-state index contributed by atoms with van der Waals surface area (Å²) in [6.07, 6.45) is 0. The second-order valence-corrected chi connectivity index (χ2v) is 7.80. The van der Waals surface area contributed by atoms with Crippen molar-refractivity contribution >= 4 is 27.4 Å². The van der Waals surface area contributed by atoms with Crippen LogP contribution in [0.4, 0.5) is 0 Å². The predicted octanol–water partition coefficient (Wildman–Crippen LogP) is 1.27. The molecule has 20 heavy (non-hydrogen) atoms. The van der Waals surface area contributed by atoms with Gasteiger partial charge >= 0.3 is 5.97 Å². The zero-order valence-electron chi connectivity index (χ0n) is 10.9. The number of hydrogen-bond donors (Lipinski definition) is 2. The maximum atomic E-state index is 12.2. The molecule has 0 unspecified atom stereocenters. The topological polar surface area (TPSA) is 97.5 Å². The summed E-state index contributed by atoms with van der Waals surface area (Å²) in [4.78, 5) is 11.6. The maximum absolute atomic E-state index is 12.2. The molecule has 1 fully saturated rings. The second kappa shape index (κ2) is 5.02. The summed E-state index contributed by atoms with van der Waals surface area (Å²) in [5.74, 6) is -1.93. The van der Waals surface area contributed by atoms with Gasteiger partial charge in [-0.3, -0.25) is 4.79 Å². The molecule has 0 spiro atoms. The number of sulfone groups is 1. The smallest absolute Gasteiger partial charge is 0.312 e. The Hall–Kier alpha value is -1.11. The molecule has 0 saturated heterocycles. The lowest BCUT2D eigenvalue weighted by molar-refractivity contribution is -0.143. The van der Waals surface area contributed by atoms with Crippen LogP contribution in [0.2, 0.25) is 5.02 Å². The van der Waals surface area contributed by atoms with E-state index in [0.29, 0.717) is 10.6 Å². The summed E-state index contributed by atoms with van der Waals surface area (Å²) in [7, 11) is -3.50. The molecule has 0 bridgehead atoms. The van der Waals surface area contributed by atoms with Crippen LogP contribution in [-0.2, 0) is 14.6 Å². The van der Waals surface area contributed by atoms with Crippen LogP contribution < -0.4 is 5.73 Å². The normalized spacial score (nSPS) is 29.1. The van der Waals surface area contributed by atoms with Gasteiger partial charge < -0.3 is 10.8 Å². The molecular formula is C13H16ClNO4S. The number of hydrogen-bond acceptors (Lipinski definition) is 4. The Morgan fingerprint density at radius 1 is 1.50 bits per heavy atom. The van der Waals surface area contributed by atoms with Gasteiger partial charge in [0.15, 0.2) is 9.84 Å². The van der Waals surface area contributed by atoms with Gasteiger partial charge in [-0.25, -0.2) is 8.42 Å². The lowest BCUT2D eigenvalue weighted by atomic mass is 9.99. The highest BCUT2D eigenvalue weighted by Gasteiger charge is 2.74. The van der Waals surface area contributed by atoms with E-state index in [9.17, 15) is 18.3 Å². The molecule has 1 aromatic carbocycles. The molecule has 2 rings (SSSR count). The number of halogens is 1. The van der Waals surface area contributed by atoms with E-state index in [-0.39, 0.29) is 12.3 Å². The largest absolute Gasteiger partial charge is 0.481 e. The fraction of sp³-hybridized carbons (Fsp3) is 0.462. The molecule has 0 heterocycles. The van der Waals surface area contributed by atoms with E-state index in [1.165, 1.54) is 6.92 Å². The van der Waals surface area contributed by atoms with Crippen LogP contribution >= 0.6 is 11.6 Å². The Morgan fingerprint density at radius 2 is 2.15 bits per heavy atom. The quantitative estimate of drug-likeness (QED) is 0.852. The molecule has 3 N–H and O–H groups in total. The molecule has 0 aromatic heterocycles. The van der Waals surface area contributed by atoms with Gasteiger partial charge in [0.2, 0.25) is 0 Å². The van der Waals surface area contributed by atoms with E-state index >= 15 is 0 Å². The summed E-state index contributed by atoms with van der Waals surface area (Å²) in [5.41, 5.74) is 4.76. The average Bonchev–Trinajstić information content (AvgIpc) is 3.10. The van der Waals surface area contributed by atoms with E-state index in [0.717, 1.165) is 0 Å². The van der Waals surface area contributed by atoms with E-state index in [1.807, 2.05) is 0 Å². The predicted molar refractivity (Wildman–Crippen MR) is 76.6 cm³/mol. The Bertz CT molecular complexity index is 646. The van der Waals surface area contributed by atoms with Gasteiger partial charge in [0.1, 0.15) is 5.41 Å². The fourth-order valence-electron chi connectivity index (χ4n) is 2.87. The highest BCUT2D eigenvalue weighted by molar-refractivity contribution is 7.92. The van der Waals surface area contributed by atoms with Crippen LogP contribution in [0.3, 0.4) is 0 Å². The van der Waals surface area contributed by atoms with Crippen LogP contribution in [0.15, 0.2) is 24.3 Å². The van der Waals surface area contributed by atoms with Crippen molar-refractivity contribution in [3.63, 3.8) is 0 Å². The van der Waals surface area contributed by atoms with Crippen molar-refractivity contribution in [1.29, 1.82) is 0 Å². The first-order valence-corrected chi connectivity index (χ1v) is 8.31. The Balaban J connectivity index is 2.54. The van der Waals surface area contributed by atoms with Gasteiger partial charge in [-0.1, -0.05) is 30.7 Å². The third-order valence-corrected chi connectivity index (χ3v) is 6.50. The molecular weight excluding hydrogens is 302 g/mol. The lowest BCUT2D eigenvalue weighted by Gasteiger charge is -2.09. The van der Waals surface area contributed by atoms with Crippen molar-refractivity contribution in [2.75, 3.05) is 12.3 Å². The molecule has 1 aromatic rings. The molecule has 1 saturated carbocycles. The number of rotatable bonds is 5. The summed E-state index contributed by atoms with van der Waals surface area (Å²) in [6, 6.07) is 6.62.